The van der Waals surface area contributed by atoms with Crippen molar-refractivity contribution in [1.82, 2.24) is 15.2 Å². The average molecular weight is 236 g/mol. The Hall–Kier alpha value is -1.13. The predicted molar refractivity (Wildman–Crippen MR) is 73.0 cm³/mol. The Morgan fingerprint density at radius 3 is 2.76 bits per heavy atom. The van der Waals surface area contributed by atoms with Crippen molar-refractivity contribution < 1.29 is 0 Å². The molecule has 0 aliphatic heterocycles. The Morgan fingerprint density at radius 2 is 2.18 bits per heavy atom. The van der Waals surface area contributed by atoms with Gasteiger partial charge in [-0.05, 0) is 52.2 Å². The molecule has 0 fully saturated rings. The largest absolute Gasteiger partial charge is 0.383 e. The van der Waals surface area contributed by atoms with Crippen LogP contribution in [-0.2, 0) is 0 Å². The molecule has 17 heavy (non-hydrogen) atoms. The minimum absolute atomic E-state index is 0.287. The second kappa shape index (κ2) is 6.57. The fraction of sp³-hybridized carbons (Fsp3) is 0.615. The van der Waals surface area contributed by atoms with Crippen molar-refractivity contribution in [3.05, 3.63) is 23.4 Å². The molecule has 1 aromatic heterocycles. The molecule has 0 bridgehead atoms. The summed E-state index contributed by atoms with van der Waals surface area (Å²) >= 11 is 0. The number of anilines is 1. The molecular formula is C13H24N4. The lowest BCUT2D eigenvalue weighted by atomic mass is 10.0. The van der Waals surface area contributed by atoms with E-state index in [-0.39, 0.29) is 6.04 Å². The summed E-state index contributed by atoms with van der Waals surface area (Å²) in [6.07, 6.45) is 2.85. The molecule has 0 aliphatic rings. The van der Waals surface area contributed by atoms with Gasteiger partial charge in [-0.15, -0.1) is 0 Å². The number of rotatable bonds is 6. The lowest BCUT2D eigenvalue weighted by molar-refractivity contribution is 0.363. The molecule has 1 rings (SSSR count). The van der Waals surface area contributed by atoms with Gasteiger partial charge < -0.3 is 16.0 Å². The van der Waals surface area contributed by atoms with Crippen molar-refractivity contribution in [3.63, 3.8) is 0 Å². The first-order valence-corrected chi connectivity index (χ1v) is 6.14. The van der Waals surface area contributed by atoms with Gasteiger partial charge in [0.25, 0.3) is 0 Å². The smallest absolute Gasteiger partial charge is 0.128 e. The van der Waals surface area contributed by atoms with E-state index in [2.05, 4.69) is 42.3 Å². The first kappa shape index (κ1) is 13.9. The highest BCUT2D eigenvalue weighted by molar-refractivity contribution is 5.43. The Balaban J connectivity index is 2.84. The zero-order valence-electron chi connectivity index (χ0n) is 11.3. The maximum Gasteiger partial charge on any atom is 0.128 e. The van der Waals surface area contributed by atoms with Gasteiger partial charge in [0, 0.05) is 17.8 Å². The molecule has 0 amide bonds. The van der Waals surface area contributed by atoms with E-state index in [1.54, 1.807) is 0 Å². The number of hydrogen-bond acceptors (Lipinski definition) is 4. The van der Waals surface area contributed by atoms with Crippen LogP contribution < -0.4 is 11.1 Å². The van der Waals surface area contributed by atoms with Crippen molar-refractivity contribution >= 4 is 5.82 Å². The Kier molecular flexibility index (Phi) is 5.38. The SMILES string of the molecule is CCNC(CCN(C)C)c1cc(C)cnc1N. The fourth-order valence-electron chi connectivity index (χ4n) is 1.88. The minimum Gasteiger partial charge on any atom is -0.383 e. The number of nitrogens with zero attached hydrogens (tertiary/aromatic N) is 2. The summed E-state index contributed by atoms with van der Waals surface area (Å²) in [5.74, 6) is 0.639. The topological polar surface area (TPSA) is 54.2 Å². The standard InChI is InChI=1S/C13H24N4/c1-5-15-12(6-7-17(3)4)11-8-10(2)9-16-13(11)14/h8-9,12,15H,5-7H2,1-4H3,(H2,14,16). The van der Waals surface area contributed by atoms with Crippen LogP contribution in [0.25, 0.3) is 0 Å². The van der Waals surface area contributed by atoms with Gasteiger partial charge in [0.1, 0.15) is 5.82 Å². The molecule has 1 unspecified atom stereocenters. The number of nitrogens with one attached hydrogen (secondary N) is 1. The Labute approximate surface area is 104 Å². The molecule has 4 nitrogen and oxygen atoms in total. The number of aryl methyl sites for hydroxylation is 1. The van der Waals surface area contributed by atoms with Crippen molar-refractivity contribution in [1.29, 1.82) is 0 Å². The maximum atomic E-state index is 5.96. The van der Waals surface area contributed by atoms with Gasteiger partial charge >= 0.3 is 0 Å². The summed E-state index contributed by atoms with van der Waals surface area (Å²) in [4.78, 5) is 6.42. The van der Waals surface area contributed by atoms with Crippen molar-refractivity contribution in [2.24, 2.45) is 0 Å². The molecule has 96 valence electrons. The zero-order chi connectivity index (χ0) is 12.8. The third-order valence-electron chi connectivity index (χ3n) is 2.78. The third kappa shape index (κ3) is 4.32. The van der Waals surface area contributed by atoms with Gasteiger partial charge in [-0.25, -0.2) is 4.98 Å². The van der Waals surface area contributed by atoms with Crippen LogP contribution in [0.5, 0.6) is 0 Å². The number of aromatic nitrogens is 1. The average Bonchev–Trinajstić information content (AvgIpc) is 2.27. The van der Waals surface area contributed by atoms with E-state index in [0.29, 0.717) is 5.82 Å². The predicted octanol–water partition coefficient (Wildman–Crippen LogP) is 1.57. The lowest BCUT2D eigenvalue weighted by Crippen LogP contribution is -2.26. The number of nitrogens with two attached hydrogens (primary N) is 1. The van der Waals surface area contributed by atoms with E-state index in [1.165, 1.54) is 0 Å². The van der Waals surface area contributed by atoms with Crippen molar-refractivity contribution in [3.8, 4) is 0 Å². The lowest BCUT2D eigenvalue weighted by Gasteiger charge is -2.21. The molecule has 3 N–H and O–H groups in total. The van der Waals surface area contributed by atoms with Crippen LogP contribution in [0.2, 0.25) is 0 Å². The minimum atomic E-state index is 0.287. The molecule has 4 heteroatoms. The molecule has 0 aliphatic carbocycles. The highest BCUT2D eigenvalue weighted by Gasteiger charge is 2.14. The van der Waals surface area contributed by atoms with Gasteiger partial charge in [-0.2, -0.15) is 0 Å². The molecule has 0 saturated heterocycles. The summed E-state index contributed by atoms with van der Waals surface area (Å²) in [6, 6.07) is 2.42. The number of nitrogen functional groups attached to an aromatic ring is 1. The summed E-state index contributed by atoms with van der Waals surface area (Å²) in [6.45, 7) is 6.13. The first-order valence-electron chi connectivity index (χ1n) is 6.14. The Bertz CT molecular complexity index is 349. The highest BCUT2D eigenvalue weighted by Crippen LogP contribution is 2.22. The van der Waals surface area contributed by atoms with E-state index in [9.17, 15) is 0 Å². The maximum absolute atomic E-state index is 5.96. The first-order chi connectivity index (χ1) is 8.04. The molecule has 1 atom stereocenters. The van der Waals surface area contributed by atoms with Gasteiger partial charge in [-0.1, -0.05) is 6.92 Å². The second-order valence-electron chi connectivity index (χ2n) is 4.69. The molecular weight excluding hydrogens is 212 g/mol. The van der Waals surface area contributed by atoms with Crippen LogP contribution in [0.4, 0.5) is 5.82 Å². The van der Waals surface area contributed by atoms with Crippen LogP contribution >= 0.6 is 0 Å². The molecule has 1 heterocycles. The van der Waals surface area contributed by atoms with E-state index in [0.717, 1.165) is 30.6 Å². The Morgan fingerprint density at radius 1 is 1.47 bits per heavy atom. The van der Waals surface area contributed by atoms with Crippen molar-refractivity contribution in [2.75, 3.05) is 32.9 Å². The number of hydrogen-bond donors (Lipinski definition) is 2. The van der Waals surface area contributed by atoms with Crippen LogP contribution in [0.1, 0.15) is 30.5 Å². The quantitative estimate of drug-likeness (QED) is 0.787. The molecule has 0 saturated carbocycles. The van der Waals surface area contributed by atoms with E-state index in [1.807, 2.05) is 13.1 Å². The van der Waals surface area contributed by atoms with Crippen LogP contribution in [0.3, 0.4) is 0 Å². The molecule has 0 radical (unpaired) electrons. The van der Waals surface area contributed by atoms with Gasteiger partial charge in [0.05, 0.1) is 0 Å². The van der Waals surface area contributed by atoms with Crippen LogP contribution in [0, 0.1) is 6.92 Å². The van der Waals surface area contributed by atoms with Crippen LogP contribution in [-0.4, -0.2) is 37.1 Å². The number of pyridine rings is 1. The summed E-state index contributed by atoms with van der Waals surface area (Å²) < 4.78 is 0. The zero-order valence-corrected chi connectivity index (χ0v) is 11.3. The van der Waals surface area contributed by atoms with E-state index in [4.69, 9.17) is 5.73 Å². The van der Waals surface area contributed by atoms with E-state index < -0.39 is 0 Å². The third-order valence-corrected chi connectivity index (χ3v) is 2.78. The van der Waals surface area contributed by atoms with Crippen molar-refractivity contribution in [2.45, 2.75) is 26.3 Å². The van der Waals surface area contributed by atoms with Gasteiger partial charge in [0.2, 0.25) is 0 Å². The summed E-state index contributed by atoms with van der Waals surface area (Å²) in [5, 5.41) is 3.48. The van der Waals surface area contributed by atoms with Gasteiger partial charge in [-0.3, -0.25) is 0 Å². The fourth-order valence-corrected chi connectivity index (χ4v) is 1.88. The second-order valence-corrected chi connectivity index (χ2v) is 4.69. The summed E-state index contributed by atoms with van der Waals surface area (Å²) in [5.41, 5.74) is 8.24. The van der Waals surface area contributed by atoms with Gasteiger partial charge in [0.15, 0.2) is 0 Å². The van der Waals surface area contributed by atoms with E-state index >= 15 is 0 Å². The molecule has 0 spiro atoms. The van der Waals surface area contributed by atoms with Crippen LogP contribution in [0.15, 0.2) is 12.3 Å². The molecule has 0 aromatic carbocycles. The normalized spacial score (nSPS) is 13.0. The monoisotopic (exact) mass is 236 g/mol. The highest BCUT2D eigenvalue weighted by atomic mass is 15.1. The summed E-state index contributed by atoms with van der Waals surface area (Å²) in [7, 11) is 4.17. The molecule has 1 aromatic rings.